The molecular weight excluding hydrogens is 246 g/mol. The Bertz CT molecular complexity index is 558. The molecule has 0 aromatic heterocycles. The Morgan fingerprint density at radius 2 is 1.39 bits per heavy atom. The molecule has 0 saturated heterocycles. The molecule has 0 radical (unpaired) electrons. The van der Waals surface area contributed by atoms with Gasteiger partial charge in [-0.1, -0.05) is 18.2 Å². The maximum Gasteiger partial charge on any atom is 0.416 e. The molecule has 0 amide bonds. The number of halogens is 4. The molecule has 2 aromatic rings. The van der Waals surface area contributed by atoms with Crippen LogP contribution < -0.4 is 5.73 Å². The van der Waals surface area contributed by atoms with Crippen LogP contribution in [0.2, 0.25) is 0 Å². The highest BCUT2D eigenvalue weighted by molar-refractivity contribution is 5.67. The van der Waals surface area contributed by atoms with Crippen LogP contribution in [-0.4, -0.2) is 0 Å². The Labute approximate surface area is 101 Å². The molecule has 0 atom stereocenters. The fourth-order valence-electron chi connectivity index (χ4n) is 1.57. The van der Waals surface area contributed by atoms with Crippen LogP contribution in [0.3, 0.4) is 0 Å². The highest BCUT2D eigenvalue weighted by atomic mass is 19.4. The number of alkyl halides is 3. The summed E-state index contributed by atoms with van der Waals surface area (Å²) < 4.78 is 50.1. The quantitative estimate of drug-likeness (QED) is 0.602. The highest BCUT2D eigenvalue weighted by Gasteiger charge is 2.29. The first-order chi connectivity index (χ1) is 8.38. The number of nitrogen functional groups attached to an aromatic ring is 1. The smallest absolute Gasteiger partial charge is 0.396 e. The van der Waals surface area contributed by atoms with E-state index < -0.39 is 17.6 Å². The van der Waals surface area contributed by atoms with Crippen molar-refractivity contribution in [3.63, 3.8) is 0 Å². The Morgan fingerprint density at radius 1 is 0.833 bits per heavy atom. The molecule has 2 N–H and O–H groups in total. The summed E-state index contributed by atoms with van der Waals surface area (Å²) in [6.07, 6.45) is -4.36. The number of rotatable bonds is 1. The van der Waals surface area contributed by atoms with Crippen molar-refractivity contribution in [3.05, 3.63) is 53.8 Å². The van der Waals surface area contributed by atoms with Gasteiger partial charge in [-0.2, -0.15) is 13.2 Å². The maximum absolute atomic E-state index is 13.0. The van der Waals surface area contributed by atoms with Crippen molar-refractivity contribution in [3.8, 4) is 11.1 Å². The topological polar surface area (TPSA) is 26.0 Å². The molecule has 2 aromatic carbocycles. The van der Waals surface area contributed by atoms with Crippen molar-refractivity contribution in [2.24, 2.45) is 0 Å². The average molecular weight is 255 g/mol. The van der Waals surface area contributed by atoms with Crippen LogP contribution in [0.4, 0.5) is 23.2 Å². The van der Waals surface area contributed by atoms with Crippen LogP contribution in [0.25, 0.3) is 11.1 Å². The Kier molecular flexibility index (Phi) is 2.98. The van der Waals surface area contributed by atoms with Gasteiger partial charge in [-0.05, 0) is 35.4 Å². The van der Waals surface area contributed by atoms with Gasteiger partial charge in [0.1, 0.15) is 5.82 Å². The number of nitrogens with two attached hydrogens (primary N) is 1. The van der Waals surface area contributed by atoms with E-state index in [0.717, 1.165) is 12.1 Å². The molecule has 0 aliphatic heterocycles. The second-order valence-electron chi connectivity index (χ2n) is 3.81. The van der Waals surface area contributed by atoms with Crippen LogP contribution in [0.15, 0.2) is 42.5 Å². The van der Waals surface area contributed by atoms with Crippen LogP contribution in [0.5, 0.6) is 0 Å². The fraction of sp³-hybridized carbons (Fsp3) is 0.0769. The minimum atomic E-state index is -4.36. The second kappa shape index (κ2) is 4.33. The van der Waals surface area contributed by atoms with Gasteiger partial charge in [0, 0.05) is 0 Å². The highest BCUT2D eigenvalue weighted by Crippen LogP contribution is 2.31. The number of hydrogen-bond acceptors (Lipinski definition) is 1. The Hall–Kier alpha value is -2.04. The van der Waals surface area contributed by atoms with Crippen LogP contribution in [0, 0.1) is 5.82 Å². The van der Waals surface area contributed by atoms with Gasteiger partial charge in [-0.3, -0.25) is 0 Å². The summed E-state index contributed by atoms with van der Waals surface area (Å²) in [6, 6.07) is 8.66. The van der Waals surface area contributed by atoms with E-state index in [-0.39, 0.29) is 5.69 Å². The monoisotopic (exact) mass is 255 g/mol. The van der Waals surface area contributed by atoms with E-state index in [1.165, 1.54) is 30.3 Å². The largest absolute Gasteiger partial charge is 0.416 e. The second-order valence-corrected chi connectivity index (χ2v) is 3.81. The van der Waals surface area contributed by atoms with Gasteiger partial charge in [0.2, 0.25) is 0 Å². The van der Waals surface area contributed by atoms with Gasteiger partial charge in [0.05, 0.1) is 11.3 Å². The molecule has 5 heteroatoms. The Balaban J connectivity index is 2.37. The molecule has 0 fully saturated rings. The molecule has 94 valence electrons. The normalized spacial score (nSPS) is 11.6. The van der Waals surface area contributed by atoms with E-state index in [0.29, 0.717) is 11.1 Å². The maximum atomic E-state index is 13.0. The summed E-state index contributed by atoms with van der Waals surface area (Å²) in [5.74, 6) is -0.550. The molecule has 0 bridgehead atoms. The molecule has 0 saturated carbocycles. The lowest BCUT2D eigenvalue weighted by Gasteiger charge is -2.08. The van der Waals surface area contributed by atoms with Crippen LogP contribution in [-0.2, 0) is 6.18 Å². The number of anilines is 1. The predicted octanol–water partition coefficient (Wildman–Crippen LogP) is 4.09. The minimum absolute atomic E-state index is 0.0348. The molecule has 0 aliphatic rings. The SMILES string of the molecule is Nc1cc(-c2ccc(C(F)(F)F)cc2)ccc1F. The van der Waals surface area contributed by atoms with Crippen molar-refractivity contribution >= 4 is 5.69 Å². The molecule has 18 heavy (non-hydrogen) atoms. The third kappa shape index (κ3) is 2.45. The van der Waals surface area contributed by atoms with Crippen molar-refractivity contribution < 1.29 is 17.6 Å². The summed E-state index contributed by atoms with van der Waals surface area (Å²) in [5, 5.41) is 0. The van der Waals surface area contributed by atoms with E-state index in [1.54, 1.807) is 0 Å². The summed E-state index contributed by atoms with van der Waals surface area (Å²) in [6.45, 7) is 0. The zero-order valence-electron chi connectivity index (χ0n) is 9.13. The summed E-state index contributed by atoms with van der Waals surface area (Å²) in [5.41, 5.74) is 5.77. The van der Waals surface area contributed by atoms with E-state index >= 15 is 0 Å². The zero-order chi connectivity index (χ0) is 13.3. The number of hydrogen-bond donors (Lipinski definition) is 1. The fourth-order valence-corrected chi connectivity index (χ4v) is 1.57. The first-order valence-corrected chi connectivity index (χ1v) is 5.10. The lowest BCUT2D eigenvalue weighted by Crippen LogP contribution is -2.04. The lowest BCUT2D eigenvalue weighted by atomic mass is 10.0. The summed E-state index contributed by atoms with van der Waals surface area (Å²) in [4.78, 5) is 0. The minimum Gasteiger partial charge on any atom is -0.396 e. The van der Waals surface area contributed by atoms with Gasteiger partial charge < -0.3 is 5.73 Å². The summed E-state index contributed by atoms with van der Waals surface area (Å²) >= 11 is 0. The van der Waals surface area contributed by atoms with Crippen LogP contribution >= 0.6 is 0 Å². The molecule has 0 unspecified atom stereocenters. The van der Waals surface area contributed by atoms with Gasteiger partial charge >= 0.3 is 6.18 Å². The zero-order valence-corrected chi connectivity index (χ0v) is 9.13. The van der Waals surface area contributed by atoms with E-state index in [9.17, 15) is 17.6 Å². The molecule has 0 spiro atoms. The lowest BCUT2D eigenvalue weighted by molar-refractivity contribution is -0.137. The Morgan fingerprint density at radius 3 is 1.89 bits per heavy atom. The van der Waals surface area contributed by atoms with E-state index in [4.69, 9.17) is 5.73 Å². The first-order valence-electron chi connectivity index (χ1n) is 5.10. The first kappa shape index (κ1) is 12.4. The van der Waals surface area contributed by atoms with Gasteiger partial charge in [-0.15, -0.1) is 0 Å². The molecule has 0 heterocycles. The van der Waals surface area contributed by atoms with Gasteiger partial charge in [0.25, 0.3) is 0 Å². The number of benzene rings is 2. The predicted molar refractivity (Wildman–Crippen MR) is 61.3 cm³/mol. The van der Waals surface area contributed by atoms with E-state index in [2.05, 4.69) is 0 Å². The van der Waals surface area contributed by atoms with E-state index in [1.807, 2.05) is 0 Å². The van der Waals surface area contributed by atoms with Crippen LogP contribution in [0.1, 0.15) is 5.56 Å². The standard InChI is InChI=1S/C13H9F4N/c14-11-6-3-9(7-12(11)18)8-1-4-10(5-2-8)13(15,16)17/h1-7H,18H2. The molecule has 2 rings (SSSR count). The van der Waals surface area contributed by atoms with Crippen molar-refractivity contribution in [1.29, 1.82) is 0 Å². The average Bonchev–Trinajstić information content (AvgIpc) is 2.32. The van der Waals surface area contributed by atoms with Gasteiger partial charge in [0.15, 0.2) is 0 Å². The van der Waals surface area contributed by atoms with Gasteiger partial charge in [-0.25, -0.2) is 4.39 Å². The van der Waals surface area contributed by atoms with Crippen molar-refractivity contribution in [2.75, 3.05) is 5.73 Å². The summed E-state index contributed by atoms with van der Waals surface area (Å²) in [7, 11) is 0. The molecule has 0 aliphatic carbocycles. The van der Waals surface area contributed by atoms with Crippen molar-refractivity contribution in [1.82, 2.24) is 0 Å². The van der Waals surface area contributed by atoms with Crippen molar-refractivity contribution in [2.45, 2.75) is 6.18 Å². The molecular formula is C13H9F4N. The third-order valence-corrected chi connectivity index (χ3v) is 2.54. The third-order valence-electron chi connectivity index (χ3n) is 2.54. The molecule has 1 nitrogen and oxygen atoms in total.